The molecule has 1 saturated heterocycles. The quantitative estimate of drug-likeness (QED) is 0.676. The number of Topliss-reactive ketones (excluding diaryl/α,β-unsaturated/α-hetero) is 1. The Hall–Kier alpha value is -3.40. The van der Waals surface area contributed by atoms with Gasteiger partial charge in [-0.1, -0.05) is 78.9 Å². The standard InChI is InChI=1S/C28H27NO3/c30-25-14-8-7-9-20(25)17-27(32)29-18-23-24(19-29)28(16-15-26(23)31,21-10-3-1-4-11-21)22-12-5-2-6-13-22/h1-14,23-24,30H,15-19H2. The van der Waals surface area contributed by atoms with Crippen molar-refractivity contribution in [2.24, 2.45) is 11.8 Å². The number of carbonyl (C=O) groups excluding carboxylic acids is 2. The fraction of sp³-hybridized carbons (Fsp3) is 0.286. The molecule has 1 amide bonds. The third kappa shape index (κ3) is 3.40. The molecule has 0 aromatic heterocycles. The number of hydrogen-bond donors (Lipinski definition) is 1. The maximum atomic E-state index is 13.2. The van der Waals surface area contributed by atoms with Crippen LogP contribution >= 0.6 is 0 Å². The highest BCUT2D eigenvalue weighted by molar-refractivity contribution is 5.86. The van der Waals surface area contributed by atoms with E-state index in [1.165, 1.54) is 11.1 Å². The van der Waals surface area contributed by atoms with E-state index in [4.69, 9.17) is 0 Å². The highest BCUT2D eigenvalue weighted by Gasteiger charge is 2.55. The van der Waals surface area contributed by atoms with Gasteiger partial charge < -0.3 is 10.0 Å². The van der Waals surface area contributed by atoms with E-state index in [1.54, 1.807) is 18.2 Å². The smallest absolute Gasteiger partial charge is 0.227 e. The van der Waals surface area contributed by atoms with Crippen molar-refractivity contribution < 1.29 is 14.7 Å². The number of carbonyl (C=O) groups is 2. The Labute approximate surface area is 188 Å². The predicted octanol–water partition coefficient (Wildman–Crippen LogP) is 4.36. The number of aromatic hydroxyl groups is 1. The van der Waals surface area contributed by atoms with Gasteiger partial charge >= 0.3 is 0 Å². The van der Waals surface area contributed by atoms with Gasteiger partial charge in [-0.15, -0.1) is 0 Å². The van der Waals surface area contributed by atoms with Gasteiger partial charge in [-0.25, -0.2) is 0 Å². The molecule has 1 heterocycles. The summed E-state index contributed by atoms with van der Waals surface area (Å²) in [5, 5.41) is 10.1. The van der Waals surface area contributed by atoms with Crippen LogP contribution in [-0.4, -0.2) is 34.8 Å². The summed E-state index contributed by atoms with van der Waals surface area (Å²) >= 11 is 0. The zero-order valence-corrected chi connectivity index (χ0v) is 18.0. The second-order valence-corrected chi connectivity index (χ2v) is 8.99. The normalized spacial score (nSPS) is 21.9. The minimum atomic E-state index is -0.301. The molecule has 162 valence electrons. The first-order chi connectivity index (χ1) is 15.6. The molecule has 1 aliphatic carbocycles. The fourth-order valence-electron chi connectivity index (χ4n) is 5.81. The van der Waals surface area contributed by atoms with E-state index in [0.717, 1.165) is 6.42 Å². The highest BCUT2D eigenvalue weighted by Crippen LogP contribution is 2.52. The molecule has 0 bridgehead atoms. The topological polar surface area (TPSA) is 57.6 Å². The number of phenolic OH excluding ortho intramolecular Hbond substituents is 1. The maximum Gasteiger partial charge on any atom is 0.227 e. The summed E-state index contributed by atoms with van der Waals surface area (Å²) in [6.45, 7) is 1.00. The van der Waals surface area contributed by atoms with Gasteiger partial charge in [-0.3, -0.25) is 9.59 Å². The lowest BCUT2D eigenvalue weighted by molar-refractivity contribution is -0.129. The molecule has 1 aliphatic heterocycles. The molecular weight excluding hydrogens is 398 g/mol. The SMILES string of the molecule is O=C1CCC(c2ccccc2)(c2ccccc2)C2CN(C(=O)Cc3ccccc3O)CC12. The Balaban J connectivity index is 1.52. The third-order valence-electron chi connectivity index (χ3n) is 7.40. The van der Waals surface area contributed by atoms with Gasteiger partial charge in [0, 0.05) is 42.3 Å². The van der Waals surface area contributed by atoms with Crippen LogP contribution in [0.4, 0.5) is 0 Å². The van der Waals surface area contributed by atoms with E-state index in [2.05, 4.69) is 48.5 Å². The molecule has 3 aromatic rings. The Bertz CT molecular complexity index is 1090. The average molecular weight is 426 g/mol. The maximum absolute atomic E-state index is 13.2. The molecule has 0 radical (unpaired) electrons. The van der Waals surface area contributed by atoms with E-state index < -0.39 is 0 Å². The van der Waals surface area contributed by atoms with Gasteiger partial charge in [0.05, 0.1) is 6.42 Å². The van der Waals surface area contributed by atoms with Crippen molar-refractivity contribution in [1.82, 2.24) is 4.90 Å². The molecular formula is C28H27NO3. The second-order valence-electron chi connectivity index (χ2n) is 8.99. The van der Waals surface area contributed by atoms with Crippen LogP contribution in [-0.2, 0) is 21.4 Å². The largest absolute Gasteiger partial charge is 0.508 e. The highest BCUT2D eigenvalue weighted by atomic mass is 16.3. The van der Waals surface area contributed by atoms with Crippen molar-refractivity contribution in [1.29, 1.82) is 0 Å². The summed E-state index contributed by atoms with van der Waals surface area (Å²) in [5.74, 6) is 0.217. The van der Waals surface area contributed by atoms with Crippen LogP contribution in [0.25, 0.3) is 0 Å². The van der Waals surface area contributed by atoms with Gasteiger partial charge in [0.25, 0.3) is 0 Å². The lowest BCUT2D eigenvalue weighted by Gasteiger charge is -2.45. The number of nitrogens with zero attached hydrogens (tertiary/aromatic N) is 1. The Morgan fingerprint density at radius 2 is 1.47 bits per heavy atom. The minimum absolute atomic E-state index is 0.0295. The van der Waals surface area contributed by atoms with Crippen molar-refractivity contribution >= 4 is 11.7 Å². The van der Waals surface area contributed by atoms with Crippen LogP contribution in [0.1, 0.15) is 29.5 Å². The van der Waals surface area contributed by atoms with Crippen LogP contribution in [0.2, 0.25) is 0 Å². The van der Waals surface area contributed by atoms with Crippen LogP contribution in [0.3, 0.4) is 0 Å². The molecule has 32 heavy (non-hydrogen) atoms. The molecule has 1 N–H and O–H groups in total. The molecule has 2 unspecified atom stereocenters. The first-order valence-corrected chi connectivity index (χ1v) is 11.3. The number of likely N-dealkylation sites (tertiary alicyclic amines) is 1. The number of fused-ring (bicyclic) bond motifs is 1. The van der Waals surface area contributed by atoms with E-state index in [-0.39, 0.29) is 41.1 Å². The molecule has 5 rings (SSSR count). The third-order valence-corrected chi connectivity index (χ3v) is 7.40. The number of amides is 1. The van der Waals surface area contributed by atoms with Crippen LogP contribution in [0.5, 0.6) is 5.75 Å². The number of ketones is 1. The summed E-state index contributed by atoms with van der Waals surface area (Å²) in [7, 11) is 0. The lowest BCUT2D eigenvalue weighted by atomic mass is 9.56. The summed E-state index contributed by atoms with van der Waals surface area (Å²) in [6, 6.07) is 27.9. The van der Waals surface area contributed by atoms with Crippen molar-refractivity contribution in [2.45, 2.75) is 24.7 Å². The van der Waals surface area contributed by atoms with Crippen molar-refractivity contribution in [3.8, 4) is 5.75 Å². The molecule has 0 spiro atoms. The van der Waals surface area contributed by atoms with E-state index in [9.17, 15) is 14.7 Å². The van der Waals surface area contributed by atoms with Crippen molar-refractivity contribution in [2.75, 3.05) is 13.1 Å². The van der Waals surface area contributed by atoms with Crippen LogP contribution < -0.4 is 0 Å². The monoisotopic (exact) mass is 425 g/mol. The molecule has 3 aromatic carbocycles. The van der Waals surface area contributed by atoms with Crippen molar-refractivity contribution in [3.05, 3.63) is 102 Å². The zero-order chi connectivity index (χ0) is 22.1. The fourth-order valence-corrected chi connectivity index (χ4v) is 5.81. The van der Waals surface area contributed by atoms with E-state index >= 15 is 0 Å². The van der Waals surface area contributed by atoms with Gasteiger partial charge in [-0.2, -0.15) is 0 Å². The van der Waals surface area contributed by atoms with Gasteiger partial charge in [0.1, 0.15) is 11.5 Å². The number of para-hydroxylation sites is 1. The number of phenols is 1. The van der Waals surface area contributed by atoms with Gasteiger partial charge in [0.15, 0.2) is 0 Å². The summed E-state index contributed by atoms with van der Waals surface area (Å²) in [5.41, 5.74) is 2.74. The van der Waals surface area contributed by atoms with Crippen LogP contribution in [0.15, 0.2) is 84.9 Å². The predicted molar refractivity (Wildman–Crippen MR) is 123 cm³/mol. The molecule has 2 aliphatic rings. The summed E-state index contributed by atoms with van der Waals surface area (Å²) in [6.07, 6.45) is 1.42. The first kappa shape index (κ1) is 20.5. The lowest BCUT2D eigenvalue weighted by Crippen LogP contribution is -2.47. The van der Waals surface area contributed by atoms with E-state index in [0.29, 0.717) is 25.1 Å². The van der Waals surface area contributed by atoms with Gasteiger partial charge in [-0.05, 0) is 23.6 Å². The van der Waals surface area contributed by atoms with Crippen LogP contribution in [0, 0.1) is 11.8 Å². The average Bonchev–Trinajstić information content (AvgIpc) is 3.29. The second kappa shape index (κ2) is 8.27. The number of hydrogen-bond acceptors (Lipinski definition) is 3. The summed E-state index contributed by atoms with van der Waals surface area (Å²) < 4.78 is 0. The molecule has 1 saturated carbocycles. The summed E-state index contributed by atoms with van der Waals surface area (Å²) in [4.78, 5) is 28.1. The zero-order valence-electron chi connectivity index (χ0n) is 18.0. The van der Waals surface area contributed by atoms with Gasteiger partial charge in [0.2, 0.25) is 5.91 Å². The molecule has 4 heteroatoms. The van der Waals surface area contributed by atoms with Crippen molar-refractivity contribution in [3.63, 3.8) is 0 Å². The van der Waals surface area contributed by atoms with E-state index in [1.807, 2.05) is 23.1 Å². The Kier molecular flexibility index (Phi) is 5.30. The molecule has 2 fully saturated rings. The Morgan fingerprint density at radius 1 is 0.875 bits per heavy atom. The number of benzene rings is 3. The minimum Gasteiger partial charge on any atom is -0.508 e. The molecule has 2 atom stereocenters. The number of rotatable bonds is 4. The first-order valence-electron chi connectivity index (χ1n) is 11.3. The molecule has 4 nitrogen and oxygen atoms in total. The Morgan fingerprint density at radius 3 is 2.09 bits per heavy atom.